The van der Waals surface area contributed by atoms with Crippen LogP contribution in [0.3, 0.4) is 0 Å². The van der Waals surface area contributed by atoms with Crippen molar-refractivity contribution in [1.29, 1.82) is 0 Å². The number of nitrogens with zero attached hydrogens (tertiary/aromatic N) is 3. The van der Waals surface area contributed by atoms with Crippen molar-refractivity contribution in [3.8, 4) is 5.69 Å². The Hall–Kier alpha value is -2.18. The van der Waals surface area contributed by atoms with Crippen molar-refractivity contribution < 1.29 is 9.53 Å². The Morgan fingerprint density at radius 2 is 1.88 bits per heavy atom. The summed E-state index contributed by atoms with van der Waals surface area (Å²) >= 11 is 0. The number of rotatable bonds is 5. The normalized spacial score (nSPS) is 23.8. The summed E-state index contributed by atoms with van der Waals surface area (Å²) in [5, 5.41) is 7.80. The van der Waals surface area contributed by atoms with Gasteiger partial charge in [-0.25, -0.2) is 4.68 Å². The Labute approximate surface area is 154 Å². The fourth-order valence-electron chi connectivity index (χ4n) is 3.63. The maximum Gasteiger partial charge on any atom is 0.239 e. The molecule has 1 aliphatic carbocycles. The molecule has 0 bridgehead atoms. The lowest BCUT2D eigenvalue weighted by Gasteiger charge is -2.34. The second kappa shape index (κ2) is 7.21. The number of hydrogen-bond acceptors (Lipinski definition) is 4. The summed E-state index contributed by atoms with van der Waals surface area (Å²) < 4.78 is 7.59. The van der Waals surface area contributed by atoms with Crippen LogP contribution in [-0.4, -0.2) is 52.4 Å². The topological polar surface area (TPSA) is 59.4 Å². The van der Waals surface area contributed by atoms with Crippen LogP contribution in [0.15, 0.2) is 36.4 Å². The van der Waals surface area contributed by atoms with Gasteiger partial charge in [-0.1, -0.05) is 18.2 Å². The van der Waals surface area contributed by atoms with Crippen molar-refractivity contribution in [2.45, 2.75) is 44.8 Å². The van der Waals surface area contributed by atoms with Crippen LogP contribution in [0.25, 0.3) is 5.69 Å². The van der Waals surface area contributed by atoms with Crippen LogP contribution in [0.4, 0.5) is 5.82 Å². The first-order valence-electron chi connectivity index (χ1n) is 9.41. The highest BCUT2D eigenvalue weighted by Gasteiger charge is 2.28. The summed E-state index contributed by atoms with van der Waals surface area (Å²) in [7, 11) is 0. The van der Waals surface area contributed by atoms with Crippen LogP contribution in [-0.2, 0) is 9.53 Å². The van der Waals surface area contributed by atoms with Gasteiger partial charge >= 0.3 is 0 Å². The molecule has 0 radical (unpaired) electrons. The highest BCUT2D eigenvalue weighted by Crippen LogP contribution is 2.40. The SMILES string of the molecule is C[C@@H]1CN(CC(=O)Nc2cc(C3CC3)nn2-c2ccccc2)C[C@H](C)O1. The molecule has 138 valence electrons. The standard InChI is InChI=1S/C20H26N4O2/c1-14-11-23(12-15(2)26-14)13-20(25)21-19-10-18(16-8-9-16)22-24(19)17-6-4-3-5-7-17/h3-7,10,14-16H,8-9,11-13H2,1-2H3,(H,21,25)/t14-,15+. The van der Waals surface area contributed by atoms with E-state index in [1.807, 2.05) is 54.9 Å². The Morgan fingerprint density at radius 1 is 1.19 bits per heavy atom. The van der Waals surface area contributed by atoms with Gasteiger partial charge < -0.3 is 10.1 Å². The lowest BCUT2D eigenvalue weighted by molar-refractivity contribution is -0.121. The quantitative estimate of drug-likeness (QED) is 0.897. The minimum atomic E-state index is -0.00859. The molecule has 1 N–H and O–H groups in total. The highest BCUT2D eigenvalue weighted by molar-refractivity contribution is 5.91. The zero-order valence-electron chi connectivity index (χ0n) is 15.4. The fraction of sp³-hybridized carbons (Fsp3) is 0.500. The van der Waals surface area contributed by atoms with E-state index in [0.29, 0.717) is 12.5 Å². The number of morpholine rings is 1. The van der Waals surface area contributed by atoms with Crippen LogP contribution in [0.2, 0.25) is 0 Å². The molecule has 4 rings (SSSR count). The van der Waals surface area contributed by atoms with E-state index in [1.54, 1.807) is 0 Å². The first kappa shape index (κ1) is 17.2. The van der Waals surface area contributed by atoms with Crippen LogP contribution >= 0.6 is 0 Å². The Bertz CT molecular complexity index is 759. The molecule has 1 aromatic carbocycles. The lowest BCUT2D eigenvalue weighted by atomic mass is 10.2. The van der Waals surface area contributed by atoms with Crippen molar-refractivity contribution in [2.75, 3.05) is 25.0 Å². The van der Waals surface area contributed by atoms with Gasteiger partial charge in [0.25, 0.3) is 0 Å². The number of aromatic nitrogens is 2. The van der Waals surface area contributed by atoms with Crippen molar-refractivity contribution in [2.24, 2.45) is 0 Å². The van der Waals surface area contributed by atoms with E-state index in [9.17, 15) is 4.79 Å². The highest BCUT2D eigenvalue weighted by atomic mass is 16.5. The predicted molar refractivity (Wildman–Crippen MR) is 101 cm³/mol. The molecular weight excluding hydrogens is 328 g/mol. The molecule has 2 heterocycles. The lowest BCUT2D eigenvalue weighted by Crippen LogP contribution is -2.48. The van der Waals surface area contributed by atoms with Crippen LogP contribution in [0.5, 0.6) is 0 Å². The first-order valence-corrected chi connectivity index (χ1v) is 9.41. The largest absolute Gasteiger partial charge is 0.373 e. The van der Waals surface area contributed by atoms with Gasteiger partial charge in [-0.15, -0.1) is 0 Å². The van der Waals surface area contributed by atoms with Crippen molar-refractivity contribution in [3.05, 3.63) is 42.1 Å². The molecule has 2 aliphatic rings. The smallest absolute Gasteiger partial charge is 0.239 e. The maximum absolute atomic E-state index is 12.6. The summed E-state index contributed by atoms with van der Waals surface area (Å²) in [6.45, 7) is 6.03. The van der Waals surface area contributed by atoms with Crippen LogP contribution in [0, 0.1) is 0 Å². The third kappa shape index (κ3) is 3.97. The van der Waals surface area contributed by atoms with Gasteiger partial charge in [-0.05, 0) is 38.8 Å². The molecule has 1 saturated heterocycles. The van der Waals surface area contributed by atoms with E-state index in [0.717, 1.165) is 30.3 Å². The van der Waals surface area contributed by atoms with E-state index in [2.05, 4.69) is 10.2 Å². The van der Waals surface area contributed by atoms with Gasteiger partial charge in [0.05, 0.1) is 30.1 Å². The minimum absolute atomic E-state index is 0.00859. The van der Waals surface area contributed by atoms with E-state index < -0.39 is 0 Å². The molecule has 0 unspecified atom stereocenters. The van der Waals surface area contributed by atoms with Gasteiger partial charge in [0.1, 0.15) is 5.82 Å². The number of hydrogen-bond donors (Lipinski definition) is 1. The second-order valence-electron chi connectivity index (χ2n) is 7.48. The van der Waals surface area contributed by atoms with E-state index in [1.165, 1.54) is 12.8 Å². The number of amides is 1. The monoisotopic (exact) mass is 354 g/mol. The fourth-order valence-corrected chi connectivity index (χ4v) is 3.63. The van der Waals surface area contributed by atoms with Gasteiger partial charge in [0.2, 0.25) is 5.91 Å². The maximum atomic E-state index is 12.6. The van der Waals surface area contributed by atoms with Crippen LogP contribution < -0.4 is 5.32 Å². The molecule has 1 amide bonds. The van der Waals surface area contributed by atoms with Crippen molar-refractivity contribution in [3.63, 3.8) is 0 Å². The van der Waals surface area contributed by atoms with Gasteiger partial charge in [-0.2, -0.15) is 5.10 Å². The molecule has 2 fully saturated rings. The molecule has 1 aliphatic heterocycles. The minimum Gasteiger partial charge on any atom is -0.373 e. The number of anilines is 1. The molecule has 1 saturated carbocycles. The summed E-state index contributed by atoms with van der Waals surface area (Å²) in [5.41, 5.74) is 2.03. The predicted octanol–water partition coefficient (Wildman–Crippen LogP) is 2.80. The summed E-state index contributed by atoms with van der Waals surface area (Å²) in [4.78, 5) is 14.8. The Balaban J connectivity index is 1.49. The molecule has 2 atom stereocenters. The molecular formula is C20H26N4O2. The number of para-hydroxylation sites is 1. The Morgan fingerprint density at radius 3 is 2.54 bits per heavy atom. The van der Waals surface area contributed by atoms with Crippen molar-refractivity contribution in [1.82, 2.24) is 14.7 Å². The average molecular weight is 354 g/mol. The van der Waals surface area contributed by atoms with E-state index >= 15 is 0 Å². The average Bonchev–Trinajstić information content (AvgIpc) is 3.36. The van der Waals surface area contributed by atoms with Crippen molar-refractivity contribution >= 4 is 11.7 Å². The van der Waals surface area contributed by atoms with Crippen LogP contribution in [0.1, 0.15) is 38.3 Å². The second-order valence-corrected chi connectivity index (χ2v) is 7.48. The Kier molecular flexibility index (Phi) is 4.78. The number of nitrogens with one attached hydrogen (secondary N) is 1. The number of benzene rings is 1. The van der Waals surface area contributed by atoms with Gasteiger partial charge in [-0.3, -0.25) is 9.69 Å². The number of carbonyl (C=O) groups excluding carboxylic acids is 1. The molecule has 1 aromatic heterocycles. The third-order valence-corrected chi connectivity index (χ3v) is 4.85. The first-order chi connectivity index (χ1) is 12.6. The summed E-state index contributed by atoms with van der Waals surface area (Å²) in [5.74, 6) is 1.28. The molecule has 6 nitrogen and oxygen atoms in total. The zero-order valence-corrected chi connectivity index (χ0v) is 15.4. The van der Waals surface area contributed by atoms with Gasteiger partial charge in [0.15, 0.2) is 0 Å². The third-order valence-electron chi connectivity index (χ3n) is 4.85. The van der Waals surface area contributed by atoms with E-state index in [-0.39, 0.29) is 18.1 Å². The molecule has 2 aromatic rings. The molecule has 26 heavy (non-hydrogen) atoms. The van der Waals surface area contributed by atoms with Gasteiger partial charge in [0, 0.05) is 25.1 Å². The number of carbonyl (C=O) groups is 1. The summed E-state index contributed by atoms with van der Waals surface area (Å²) in [6.07, 6.45) is 2.68. The number of ether oxygens (including phenoxy) is 1. The summed E-state index contributed by atoms with van der Waals surface area (Å²) in [6, 6.07) is 12.0. The zero-order chi connectivity index (χ0) is 18.1. The molecule has 0 spiro atoms. The molecule has 6 heteroatoms. The van der Waals surface area contributed by atoms with E-state index in [4.69, 9.17) is 9.84 Å².